The summed E-state index contributed by atoms with van der Waals surface area (Å²) in [6.07, 6.45) is 5.24. The van der Waals surface area contributed by atoms with E-state index in [9.17, 15) is 14.4 Å². The highest BCUT2D eigenvalue weighted by Gasteiger charge is 2.32. The van der Waals surface area contributed by atoms with E-state index in [0.717, 1.165) is 25.8 Å². The second-order valence-electron chi connectivity index (χ2n) is 8.22. The number of nitrogens with one attached hydrogen (secondary N) is 1. The largest absolute Gasteiger partial charge is 0.463 e. The van der Waals surface area contributed by atoms with E-state index in [1.165, 1.54) is 0 Å². The first-order valence-electron chi connectivity index (χ1n) is 10.8. The number of nitrogens with zero attached hydrogens (tertiary/aromatic N) is 2. The Balaban J connectivity index is 2.90. The summed E-state index contributed by atoms with van der Waals surface area (Å²) in [5.74, 6) is -0.503. The number of esters is 1. The molecule has 1 aliphatic heterocycles. The number of likely N-dealkylation sites (N-methyl/N-ethyl adjacent to an activating group) is 2. The van der Waals surface area contributed by atoms with Crippen LogP contribution in [-0.4, -0.2) is 73.0 Å². The number of piperidine rings is 1. The van der Waals surface area contributed by atoms with Crippen molar-refractivity contribution >= 4 is 17.8 Å². The number of amides is 2. The highest BCUT2D eigenvalue weighted by molar-refractivity contribution is 5.90. The standard InChI is InChI=1S/C22H39N3O4/c1-8-17(23-20(26)18-12-10-11-13-24(18)6)21(27)25(7)19(15(3)4)14-16(5)22(28)29-9-2/h14-15,17-19H,8-13H2,1-7H3,(H,23,26)/b16-14+/t17?,18-,19-/m1/s1. The summed E-state index contributed by atoms with van der Waals surface area (Å²) in [7, 11) is 3.68. The van der Waals surface area contributed by atoms with E-state index < -0.39 is 6.04 Å². The lowest BCUT2D eigenvalue weighted by atomic mass is 9.98. The van der Waals surface area contributed by atoms with Crippen LogP contribution in [0.2, 0.25) is 0 Å². The number of likely N-dealkylation sites (tertiary alicyclic amines) is 1. The van der Waals surface area contributed by atoms with Gasteiger partial charge in [0.1, 0.15) is 6.04 Å². The van der Waals surface area contributed by atoms with Crippen LogP contribution in [0, 0.1) is 5.92 Å². The molecular weight excluding hydrogens is 370 g/mol. The van der Waals surface area contributed by atoms with E-state index in [2.05, 4.69) is 10.2 Å². The minimum atomic E-state index is -0.583. The van der Waals surface area contributed by atoms with E-state index in [1.54, 1.807) is 31.9 Å². The van der Waals surface area contributed by atoms with Crippen molar-refractivity contribution in [1.82, 2.24) is 15.1 Å². The molecule has 0 aromatic rings. The third kappa shape index (κ3) is 7.14. The Kier molecular flexibility index (Phi) is 10.4. The summed E-state index contributed by atoms with van der Waals surface area (Å²) in [5, 5.41) is 2.95. The maximum Gasteiger partial charge on any atom is 0.333 e. The van der Waals surface area contributed by atoms with Crippen LogP contribution in [0.3, 0.4) is 0 Å². The first kappa shape index (κ1) is 25.1. The van der Waals surface area contributed by atoms with Crippen LogP contribution >= 0.6 is 0 Å². The minimum absolute atomic E-state index is 0.0832. The molecule has 7 heteroatoms. The Morgan fingerprint density at radius 1 is 1.24 bits per heavy atom. The fourth-order valence-electron chi connectivity index (χ4n) is 3.73. The lowest BCUT2D eigenvalue weighted by molar-refractivity contribution is -0.139. The summed E-state index contributed by atoms with van der Waals surface area (Å²) >= 11 is 0. The average molecular weight is 410 g/mol. The first-order chi connectivity index (χ1) is 13.6. The molecular formula is C22H39N3O4. The molecule has 0 aromatic carbocycles. The molecule has 0 radical (unpaired) electrons. The minimum Gasteiger partial charge on any atom is -0.463 e. The topological polar surface area (TPSA) is 79.0 Å². The number of hydrogen-bond acceptors (Lipinski definition) is 5. The van der Waals surface area contributed by atoms with Gasteiger partial charge in [-0.1, -0.05) is 33.3 Å². The fourth-order valence-corrected chi connectivity index (χ4v) is 3.73. The van der Waals surface area contributed by atoms with Crippen molar-refractivity contribution in [1.29, 1.82) is 0 Å². The molecule has 0 bridgehead atoms. The second-order valence-corrected chi connectivity index (χ2v) is 8.22. The van der Waals surface area contributed by atoms with Gasteiger partial charge >= 0.3 is 5.97 Å². The quantitative estimate of drug-likeness (QED) is 0.467. The lowest BCUT2D eigenvalue weighted by Crippen LogP contribution is -2.55. The predicted octanol–water partition coefficient (Wildman–Crippen LogP) is 2.36. The van der Waals surface area contributed by atoms with Crippen molar-refractivity contribution in [2.45, 2.75) is 78.4 Å². The molecule has 7 nitrogen and oxygen atoms in total. The Morgan fingerprint density at radius 3 is 2.41 bits per heavy atom. The van der Waals surface area contributed by atoms with E-state index in [1.807, 2.05) is 27.8 Å². The maximum atomic E-state index is 13.1. The van der Waals surface area contributed by atoms with E-state index in [0.29, 0.717) is 18.6 Å². The van der Waals surface area contributed by atoms with Crippen molar-refractivity contribution in [3.8, 4) is 0 Å². The van der Waals surface area contributed by atoms with Gasteiger partial charge in [-0.25, -0.2) is 4.79 Å². The molecule has 3 atom stereocenters. The van der Waals surface area contributed by atoms with Crippen LogP contribution in [0.1, 0.15) is 60.3 Å². The molecule has 1 heterocycles. The van der Waals surface area contributed by atoms with E-state index in [4.69, 9.17) is 4.74 Å². The van der Waals surface area contributed by atoms with Gasteiger partial charge in [-0.05, 0) is 52.6 Å². The van der Waals surface area contributed by atoms with Crippen LogP contribution in [0.4, 0.5) is 0 Å². The van der Waals surface area contributed by atoms with E-state index in [-0.39, 0.29) is 35.8 Å². The van der Waals surface area contributed by atoms with Crippen LogP contribution in [0.15, 0.2) is 11.6 Å². The Morgan fingerprint density at radius 2 is 1.90 bits per heavy atom. The summed E-state index contributed by atoms with van der Waals surface area (Å²) in [6.45, 7) is 10.6. The first-order valence-corrected chi connectivity index (χ1v) is 10.8. The number of rotatable bonds is 9. The number of carbonyl (C=O) groups excluding carboxylic acids is 3. The van der Waals surface area contributed by atoms with Gasteiger partial charge in [0.15, 0.2) is 0 Å². The normalized spacial score (nSPS) is 20.1. The monoisotopic (exact) mass is 409 g/mol. The van der Waals surface area contributed by atoms with Gasteiger partial charge in [-0.2, -0.15) is 0 Å². The summed E-state index contributed by atoms with van der Waals surface area (Å²) in [5.41, 5.74) is 0.478. The van der Waals surface area contributed by atoms with Crippen molar-refractivity contribution in [2.75, 3.05) is 27.2 Å². The molecule has 1 aliphatic rings. The van der Waals surface area contributed by atoms with Gasteiger partial charge in [0.2, 0.25) is 11.8 Å². The molecule has 0 spiro atoms. The van der Waals surface area contributed by atoms with Crippen LogP contribution in [0.5, 0.6) is 0 Å². The van der Waals surface area contributed by atoms with Gasteiger partial charge in [0.25, 0.3) is 0 Å². The molecule has 1 rings (SSSR count). The predicted molar refractivity (Wildman–Crippen MR) is 114 cm³/mol. The average Bonchev–Trinajstić information content (AvgIpc) is 2.69. The van der Waals surface area contributed by atoms with Crippen LogP contribution in [0.25, 0.3) is 0 Å². The second kappa shape index (κ2) is 12.0. The van der Waals surface area contributed by atoms with Gasteiger partial charge < -0.3 is 15.0 Å². The van der Waals surface area contributed by atoms with Crippen LogP contribution < -0.4 is 5.32 Å². The SMILES string of the molecule is CCOC(=O)/C(C)=C/[C@H](C(C)C)N(C)C(=O)C(CC)NC(=O)[C@H]1CCCCN1C. The van der Waals surface area contributed by atoms with Gasteiger partial charge in [0.05, 0.1) is 18.7 Å². The van der Waals surface area contributed by atoms with Gasteiger partial charge in [0, 0.05) is 12.6 Å². The smallest absolute Gasteiger partial charge is 0.333 e. The highest BCUT2D eigenvalue weighted by atomic mass is 16.5. The zero-order valence-corrected chi connectivity index (χ0v) is 19.2. The van der Waals surface area contributed by atoms with Crippen molar-refractivity contribution in [3.63, 3.8) is 0 Å². The molecule has 0 aliphatic carbocycles. The maximum absolute atomic E-state index is 13.1. The zero-order chi connectivity index (χ0) is 22.1. The molecule has 29 heavy (non-hydrogen) atoms. The Labute approximate surface area is 175 Å². The third-order valence-electron chi connectivity index (χ3n) is 5.59. The molecule has 1 fully saturated rings. The summed E-state index contributed by atoms with van der Waals surface area (Å²) < 4.78 is 5.05. The number of hydrogen-bond donors (Lipinski definition) is 1. The van der Waals surface area contributed by atoms with Gasteiger partial charge in [-0.15, -0.1) is 0 Å². The van der Waals surface area contributed by atoms with Crippen molar-refractivity contribution < 1.29 is 19.1 Å². The molecule has 0 aromatic heterocycles. The van der Waals surface area contributed by atoms with E-state index >= 15 is 0 Å². The molecule has 166 valence electrons. The summed E-state index contributed by atoms with van der Waals surface area (Å²) in [6, 6.07) is -1.03. The fraction of sp³-hybridized carbons (Fsp3) is 0.773. The zero-order valence-electron chi connectivity index (χ0n) is 19.2. The van der Waals surface area contributed by atoms with Crippen LogP contribution in [-0.2, 0) is 19.1 Å². The number of carbonyl (C=O) groups is 3. The Bertz CT molecular complexity index is 603. The lowest BCUT2D eigenvalue weighted by Gasteiger charge is -2.35. The van der Waals surface area contributed by atoms with Gasteiger partial charge in [-0.3, -0.25) is 14.5 Å². The summed E-state index contributed by atoms with van der Waals surface area (Å²) in [4.78, 5) is 41.6. The number of ether oxygens (including phenoxy) is 1. The van der Waals surface area contributed by atoms with Crippen molar-refractivity contribution in [2.24, 2.45) is 5.92 Å². The van der Waals surface area contributed by atoms with Crippen molar-refractivity contribution in [3.05, 3.63) is 11.6 Å². The third-order valence-corrected chi connectivity index (χ3v) is 5.59. The molecule has 1 saturated heterocycles. The highest BCUT2D eigenvalue weighted by Crippen LogP contribution is 2.18. The molecule has 1 unspecified atom stereocenters. The Hall–Kier alpha value is -1.89. The molecule has 2 amide bonds. The molecule has 1 N–H and O–H groups in total. The molecule has 0 saturated carbocycles.